The third kappa shape index (κ3) is 4.65. The summed E-state index contributed by atoms with van der Waals surface area (Å²) < 4.78 is 6.23. The Hall–Kier alpha value is -6.64. The smallest absolute Gasteiger partial charge is 0.135 e. The molecule has 0 aliphatic heterocycles. The van der Waals surface area contributed by atoms with Gasteiger partial charge in [-0.15, -0.1) is 0 Å². The minimum atomic E-state index is 0.887. The minimum Gasteiger partial charge on any atom is -0.456 e. The van der Waals surface area contributed by atoms with E-state index in [4.69, 9.17) is 4.42 Å². The maximum Gasteiger partial charge on any atom is 0.135 e. The Labute approximate surface area is 290 Å². The van der Waals surface area contributed by atoms with Crippen molar-refractivity contribution in [3.05, 3.63) is 188 Å². The molecule has 1 heterocycles. The van der Waals surface area contributed by atoms with Crippen LogP contribution < -0.4 is 4.90 Å². The molecular weight excluding hydrogens is 607 g/mol. The van der Waals surface area contributed by atoms with Crippen LogP contribution in [0.3, 0.4) is 0 Å². The number of fused-ring (bicyclic) bond motifs is 7. The number of nitrogens with zero attached hydrogens (tertiary/aromatic N) is 1. The molecule has 50 heavy (non-hydrogen) atoms. The Kier molecular flexibility index (Phi) is 6.53. The summed E-state index contributed by atoms with van der Waals surface area (Å²) in [5.74, 6) is 0. The molecule has 0 spiro atoms. The summed E-state index contributed by atoms with van der Waals surface area (Å²) in [6.45, 7) is 0. The molecule has 0 atom stereocenters. The van der Waals surface area contributed by atoms with Crippen LogP contribution in [0.2, 0.25) is 0 Å². The van der Waals surface area contributed by atoms with Crippen molar-refractivity contribution in [2.24, 2.45) is 0 Å². The lowest BCUT2D eigenvalue weighted by molar-refractivity contribution is 0.669. The number of furan rings is 1. The second kappa shape index (κ2) is 11.5. The molecule has 234 valence electrons. The summed E-state index contributed by atoms with van der Waals surface area (Å²) >= 11 is 0. The molecule has 0 radical (unpaired) electrons. The quantitative estimate of drug-likeness (QED) is 0.175. The zero-order valence-electron chi connectivity index (χ0n) is 27.3. The van der Waals surface area contributed by atoms with Crippen LogP contribution in [0.15, 0.2) is 192 Å². The third-order valence-corrected chi connectivity index (χ3v) is 10.0. The summed E-state index contributed by atoms with van der Waals surface area (Å²) in [6.07, 6.45) is 0. The number of para-hydroxylation sites is 1. The van der Waals surface area contributed by atoms with Crippen molar-refractivity contribution in [1.82, 2.24) is 0 Å². The number of benzene rings is 9. The SMILES string of the molecule is c1cc(-c2cccc3ccccc23)cc(N(c2ccc(-c3cc4ccccc4c4ccccc34)cc2)c2ccc3oc4ccccc4c3c2)c1. The van der Waals surface area contributed by atoms with Gasteiger partial charge in [0.15, 0.2) is 0 Å². The fourth-order valence-corrected chi connectivity index (χ4v) is 7.67. The van der Waals surface area contributed by atoms with E-state index in [9.17, 15) is 0 Å². The van der Waals surface area contributed by atoms with Crippen molar-refractivity contribution in [2.75, 3.05) is 4.90 Å². The summed E-state index contributed by atoms with van der Waals surface area (Å²) in [4.78, 5) is 2.36. The monoisotopic (exact) mass is 637 g/mol. The molecule has 2 heteroatoms. The minimum absolute atomic E-state index is 0.887. The Balaban J connectivity index is 1.15. The van der Waals surface area contributed by atoms with E-state index in [1.54, 1.807) is 0 Å². The van der Waals surface area contributed by atoms with E-state index in [1.807, 2.05) is 12.1 Å². The first-order chi connectivity index (χ1) is 24.8. The van der Waals surface area contributed by atoms with E-state index in [0.717, 1.165) is 39.0 Å². The largest absolute Gasteiger partial charge is 0.456 e. The predicted molar refractivity (Wildman–Crippen MR) is 212 cm³/mol. The van der Waals surface area contributed by atoms with E-state index in [-0.39, 0.29) is 0 Å². The maximum absolute atomic E-state index is 6.23. The van der Waals surface area contributed by atoms with Crippen LogP contribution >= 0.6 is 0 Å². The van der Waals surface area contributed by atoms with Gasteiger partial charge in [0.1, 0.15) is 11.2 Å². The van der Waals surface area contributed by atoms with Gasteiger partial charge in [-0.05, 0) is 109 Å². The van der Waals surface area contributed by atoms with E-state index in [0.29, 0.717) is 0 Å². The maximum atomic E-state index is 6.23. The fourth-order valence-electron chi connectivity index (χ4n) is 7.67. The van der Waals surface area contributed by atoms with Crippen molar-refractivity contribution >= 4 is 71.3 Å². The number of hydrogen-bond acceptors (Lipinski definition) is 2. The molecular formula is C48H31NO. The Morgan fingerprint density at radius 3 is 1.78 bits per heavy atom. The molecule has 9 aromatic carbocycles. The predicted octanol–water partition coefficient (Wildman–Crippen LogP) is 13.8. The Bertz CT molecular complexity index is 2870. The van der Waals surface area contributed by atoms with E-state index in [2.05, 4.69) is 181 Å². The first-order valence-electron chi connectivity index (χ1n) is 17.1. The number of hydrogen-bond donors (Lipinski definition) is 0. The van der Waals surface area contributed by atoms with Gasteiger partial charge >= 0.3 is 0 Å². The molecule has 0 saturated heterocycles. The summed E-state index contributed by atoms with van der Waals surface area (Å²) in [5, 5.41) is 9.77. The van der Waals surface area contributed by atoms with Gasteiger partial charge in [0.05, 0.1) is 0 Å². The van der Waals surface area contributed by atoms with Crippen LogP contribution in [0.4, 0.5) is 17.1 Å². The highest BCUT2D eigenvalue weighted by atomic mass is 16.3. The molecule has 0 unspecified atom stereocenters. The van der Waals surface area contributed by atoms with E-state index < -0.39 is 0 Å². The number of rotatable bonds is 5. The highest BCUT2D eigenvalue weighted by Crippen LogP contribution is 2.42. The first kappa shape index (κ1) is 28.4. The van der Waals surface area contributed by atoms with Crippen molar-refractivity contribution in [1.29, 1.82) is 0 Å². The molecule has 2 nitrogen and oxygen atoms in total. The van der Waals surface area contributed by atoms with Crippen LogP contribution in [0.5, 0.6) is 0 Å². The highest BCUT2D eigenvalue weighted by molar-refractivity contribution is 6.14. The normalized spacial score (nSPS) is 11.6. The zero-order chi connectivity index (χ0) is 33.0. The van der Waals surface area contributed by atoms with Gasteiger partial charge in [0, 0.05) is 27.8 Å². The van der Waals surface area contributed by atoms with Crippen LogP contribution in [0, 0.1) is 0 Å². The number of anilines is 3. The second-order valence-corrected chi connectivity index (χ2v) is 12.9. The van der Waals surface area contributed by atoms with Crippen molar-refractivity contribution in [2.45, 2.75) is 0 Å². The van der Waals surface area contributed by atoms with Crippen LogP contribution in [-0.4, -0.2) is 0 Å². The van der Waals surface area contributed by atoms with Crippen LogP contribution in [0.1, 0.15) is 0 Å². The molecule has 0 fully saturated rings. The fraction of sp³-hybridized carbons (Fsp3) is 0. The van der Waals surface area contributed by atoms with E-state index >= 15 is 0 Å². The van der Waals surface area contributed by atoms with Gasteiger partial charge in [0.2, 0.25) is 0 Å². The van der Waals surface area contributed by atoms with Gasteiger partial charge in [0.25, 0.3) is 0 Å². The summed E-state index contributed by atoms with van der Waals surface area (Å²) in [5.41, 5.74) is 9.86. The van der Waals surface area contributed by atoms with Gasteiger partial charge in [-0.2, -0.15) is 0 Å². The topological polar surface area (TPSA) is 16.4 Å². The zero-order valence-corrected chi connectivity index (χ0v) is 27.3. The van der Waals surface area contributed by atoms with E-state index in [1.165, 1.54) is 54.6 Å². The summed E-state index contributed by atoms with van der Waals surface area (Å²) in [7, 11) is 0. The average Bonchev–Trinajstić information content (AvgIpc) is 3.56. The molecule has 0 bridgehead atoms. The molecule has 0 aliphatic carbocycles. The molecule has 0 aliphatic rings. The van der Waals surface area contributed by atoms with Crippen molar-refractivity contribution in [3.8, 4) is 22.3 Å². The van der Waals surface area contributed by atoms with Gasteiger partial charge in [-0.25, -0.2) is 0 Å². The Morgan fingerprint density at radius 1 is 0.300 bits per heavy atom. The van der Waals surface area contributed by atoms with Crippen molar-refractivity contribution < 1.29 is 4.42 Å². The van der Waals surface area contributed by atoms with Crippen LogP contribution in [-0.2, 0) is 0 Å². The van der Waals surface area contributed by atoms with Gasteiger partial charge in [-0.1, -0.05) is 133 Å². The average molecular weight is 638 g/mol. The molecule has 10 aromatic rings. The first-order valence-corrected chi connectivity index (χ1v) is 17.1. The molecule has 10 rings (SSSR count). The third-order valence-electron chi connectivity index (χ3n) is 10.0. The molecule has 0 N–H and O–H groups in total. The second-order valence-electron chi connectivity index (χ2n) is 12.9. The highest BCUT2D eigenvalue weighted by Gasteiger charge is 2.17. The standard InChI is InChI=1S/C48H31NO/c1-3-16-39-32(11-1)13-10-21-40(39)34-14-9-15-37(29-34)49(38-27-28-48-46(31-38)44-20-7-8-22-47(44)50-48)36-25-23-33(24-26-36)45-30-35-12-2-4-17-41(35)42-18-5-6-19-43(42)45/h1-31H. The lowest BCUT2D eigenvalue weighted by atomic mass is 9.93. The Morgan fingerprint density at radius 2 is 0.920 bits per heavy atom. The van der Waals surface area contributed by atoms with Gasteiger partial charge < -0.3 is 9.32 Å². The lowest BCUT2D eigenvalue weighted by Gasteiger charge is -2.26. The van der Waals surface area contributed by atoms with Gasteiger partial charge in [-0.3, -0.25) is 0 Å². The molecule has 0 saturated carbocycles. The summed E-state index contributed by atoms with van der Waals surface area (Å²) in [6, 6.07) is 67.6. The lowest BCUT2D eigenvalue weighted by Crippen LogP contribution is -2.10. The molecule has 0 amide bonds. The molecule has 1 aromatic heterocycles. The van der Waals surface area contributed by atoms with Crippen molar-refractivity contribution in [3.63, 3.8) is 0 Å². The van der Waals surface area contributed by atoms with Crippen LogP contribution in [0.25, 0.3) is 76.5 Å².